The Morgan fingerprint density at radius 2 is 2.00 bits per heavy atom. The number of nitro groups is 1. The highest BCUT2D eigenvalue weighted by Gasteiger charge is 2.01. The van der Waals surface area contributed by atoms with E-state index in [1.807, 2.05) is 17.5 Å². The van der Waals surface area contributed by atoms with Crippen LogP contribution in [0.4, 0.5) is 5.69 Å². The Labute approximate surface area is 96.0 Å². The molecule has 0 aliphatic heterocycles. The molecule has 0 radical (unpaired) electrons. The Kier molecular flexibility index (Phi) is 3.07. The van der Waals surface area contributed by atoms with Crippen molar-refractivity contribution in [1.29, 1.82) is 0 Å². The number of rotatable bonds is 3. The van der Waals surface area contributed by atoms with Gasteiger partial charge in [0.05, 0.1) is 16.1 Å². The standard InChI is InChI=1S/C11H8N2O2S/c14-13(15)11-5-2-9(3-6-11)1-4-10-7-16-8-12-10/h1-8H/b4-1+. The molecule has 0 spiro atoms. The molecule has 0 N–H and O–H groups in total. The smallest absolute Gasteiger partial charge is 0.258 e. The first-order valence-corrected chi connectivity index (χ1v) is 5.51. The van der Waals surface area contributed by atoms with Crippen molar-refractivity contribution in [3.8, 4) is 0 Å². The average molecular weight is 232 g/mol. The van der Waals surface area contributed by atoms with Gasteiger partial charge in [0.25, 0.3) is 5.69 Å². The summed E-state index contributed by atoms with van der Waals surface area (Å²) in [6.07, 6.45) is 3.75. The molecule has 0 aliphatic rings. The Balaban J connectivity index is 2.14. The number of aromatic nitrogens is 1. The molecule has 1 aromatic carbocycles. The van der Waals surface area contributed by atoms with E-state index in [2.05, 4.69) is 4.98 Å². The molecule has 80 valence electrons. The van der Waals surface area contributed by atoms with Gasteiger partial charge in [-0.25, -0.2) is 4.98 Å². The lowest BCUT2D eigenvalue weighted by atomic mass is 10.2. The summed E-state index contributed by atoms with van der Waals surface area (Å²) in [7, 11) is 0. The summed E-state index contributed by atoms with van der Waals surface area (Å²) in [4.78, 5) is 14.1. The van der Waals surface area contributed by atoms with Gasteiger partial charge in [0.15, 0.2) is 0 Å². The molecule has 0 amide bonds. The molecule has 1 heterocycles. The number of hydrogen-bond acceptors (Lipinski definition) is 4. The van der Waals surface area contributed by atoms with Crippen molar-refractivity contribution in [2.75, 3.05) is 0 Å². The van der Waals surface area contributed by atoms with Crippen molar-refractivity contribution in [3.05, 3.63) is 56.5 Å². The second kappa shape index (κ2) is 4.67. The second-order valence-electron chi connectivity index (χ2n) is 3.10. The van der Waals surface area contributed by atoms with E-state index in [9.17, 15) is 10.1 Å². The van der Waals surface area contributed by atoms with E-state index in [1.165, 1.54) is 23.5 Å². The molecule has 0 aliphatic carbocycles. The minimum atomic E-state index is -0.409. The SMILES string of the molecule is O=[N+]([O-])c1ccc(/C=C/c2cscn2)cc1. The van der Waals surface area contributed by atoms with Crippen LogP contribution < -0.4 is 0 Å². The number of non-ortho nitro benzene ring substituents is 1. The summed E-state index contributed by atoms with van der Waals surface area (Å²) < 4.78 is 0. The van der Waals surface area contributed by atoms with Gasteiger partial charge in [-0.05, 0) is 23.8 Å². The minimum Gasteiger partial charge on any atom is -0.258 e. The highest BCUT2D eigenvalue weighted by atomic mass is 32.1. The maximum absolute atomic E-state index is 10.4. The van der Waals surface area contributed by atoms with Crippen LogP contribution in [0.2, 0.25) is 0 Å². The van der Waals surface area contributed by atoms with Crippen LogP contribution in [0, 0.1) is 10.1 Å². The first-order valence-electron chi connectivity index (χ1n) is 4.56. The number of nitrogens with zero attached hydrogens (tertiary/aromatic N) is 2. The molecule has 0 saturated carbocycles. The molecule has 4 nitrogen and oxygen atoms in total. The molecule has 5 heteroatoms. The Morgan fingerprint density at radius 1 is 1.25 bits per heavy atom. The van der Waals surface area contributed by atoms with Gasteiger partial charge >= 0.3 is 0 Å². The fraction of sp³-hybridized carbons (Fsp3) is 0. The first kappa shape index (κ1) is 10.5. The lowest BCUT2D eigenvalue weighted by Crippen LogP contribution is -1.86. The maximum atomic E-state index is 10.4. The predicted octanol–water partition coefficient (Wildman–Crippen LogP) is 3.22. The van der Waals surface area contributed by atoms with Crippen LogP contribution in [-0.4, -0.2) is 9.91 Å². The van der Waals surface area contributed by atoms with E-state index in [1.54, 1.807) is 17.6 Å². The van der Waals surface area contributed by atoms with Gasteiger partial charge in [-0.3, -0.25) is 10.1 Å². The first-order chi connectivity index (χ1) is 7.75. The van der Waals surface area contributed by atoms with Gasteiger partial charge in [-0.1, -0.05) is 6.08 Å². The largest absolute Gasteiger partial charge is 0.269 e. The molecule has 0 saturated heterocycles. The molecule has 2 aromatic rings. The van der Waals surface area contributed by atoms with E-state index in [-0.39, 0.29) is 5.69 Å². The summed E-state index contributed by atoms with van der Waals surface area (Å²) in [5, 5.41) is 12.4. The topological polar surface area (TPSA) is 56.0 Å². The van der Waals surface area contributed by atoms with Crippen LogP contribution in [-0.2, 0) is 0 Å². The van der Waals surface area contributed by atoms with Crippen molar-refractivity contribution in [3.63, 3.8) is 0 Å². The quantitative estimate of drug-likeness (QED) is 0.603. The zero-order valence-electron chi connectivity index (χ0n) is 8.24. The van der Waals surface area contributed by atoms with Gasteiger partial charge in [-0.2, -0.15) is 0 Å². The molecule has 0 unspecified atom stereocenters. The molecular weight excluding hydrogens is 224 g/mol. The molecule has 0 atom stereocenters. The Morgan fingerprint density at radius 3 is 2.56 bits per heavy atom. The average Bonchev–Trinajstić information content (AvgIpc) is 2.80. The fourth-order valence-electron chi connectivity index (χ4n) is 1.19. The third-order valence-electron chi connectivity index (χ3n) is 2.00. The summed E-state index contributed by atoms with van der Waals surface area (Å²) in [5.74, 6) is 0. The van der Waals surface area contributed by atoms with Crippen molar-refractivity contribution in [1.82, 2.24) is 4.98 Å². The van der Waals surface area contributed by atoms with E-state index < -0.39 is 4.92 Å². The monoisotopic (exact) mass is 232 g/mol. The molecule has 1 aromatic heterocycles. The number of thiazole rings is 1. The number of benzene rings is 1. The van der Waals surface area contributed by atoms with E-state index >= 15 is 0 Å². The summed E-state index contributed by atoms with van der Waals surface area (Å²) in [6.45, 7) is 0. The van der Waals surface area contributed by atoms with Gasteiger partial charge in [-0.15, -0.1) is 11.3 Å². The second-order valence-corrected chi connectivity index (χ2v) is 3.81. The molecule has 0 bridgehead atoms. The lowest BCUT2D eigenvalue weighted by Gasteiger charge is -1.92. The van der Waals surface area contributed by atoms with Crippen LogP contribution in [0.1, 0.15) is 11.3 Å². The molecular formula is C11H8N2O2S. The van der Waals surface area contributed by atoms with Crippen LogP contribution in [0.3, 0.4) is 0 Å². The Bertz CT molecular complexity index is 503. The summed E-state index contributed by atoms with van der Waals surface area (Å²) in [5.41, 5.74) is 3.67. The van der Waals surface area contributed by atoms with Crippen molar-refractivity contribution in [2.45, 2.75) is 0 Å². The van der Waals surface area contributed by atoms with E-state index in [0.29, 0.717) is 0 Å². The number of hydrogen-bond donors (Lipinski definition) is 0. The van der Waals surface area contributed by atoms with Gasteiger partial charge in [0.2, 0.25) is 0 Å². The predicted molar refractivity (Wildman–Crippen MR) is 64.1 cm³/mol. The fourth-order valence-corrected chi connectivity index (χ4v) is 1.72. The van der Waals surface area contributed by atoms with E-state index in [0.717, 1.165) is 11.3 Å². The van der Waals surface area contributed by atoms with E-state index in [4.69, 9.17) is 0 Å². The minimum absolute atomic E-state index is 0.103. The van der Waals surface area contributed by atoms with Crippen LogP contribution >= 0.6 is 11.3 Å². The number of nitro benzene ring substituents is 1. The van der Waals surface area contributed by atoms with Crippen LogP contribution in [0.5, 0.6) is 0 Å². The van der Waals surface area contributed by atoms with Crippen molar-refractivity contribution >= 4 is 29.2 Å². The highest BCUT2D eigenvalue weighted by Crippen LogP contribution is 2.14. The Hall–Kier alpha value is -2.01. The van der Waals surface area contributed by atoms with Crippen LogP contribution in [0.25, 0.3) is 12.2 Å². The van der Waals surface area contributed by atoms with Gasteiger partial charge in [0.1, 0.15) is 0 Å². The van der Waals surface area contributed by atoms with Crippen LogP contribution in [0.15, 0.2) is 35.2 Å². The van der Waals surface area contributed by atoms with Gasteiger partial charge < -0.3 is 0 Å². The van der Waals surface area contributed by atoms with Crippen molar-refractivity contribution < 1.29 is 4.92 Å². The molecule has 0 fully saturated rings. The zero-order valence-corrected chi connectivity index (χ0v) is 9.05. The summed E-state index contributed by atoms with van der Waals surface area (Å²) in [6, 6.07) is 6.39. The van der Waals surface area contributed by atoms with Crippen molar-refractivity contribution in [2.24, 2.45) is 0 Å². The zero-order chi connectivity index (χ0) is 11.4. The maximum Gasteiger partial charge on any atom is 0.269 e. The third-order valence-corrected chi connectivity index (χ3v) is 2.61. The summed E-state index contributed by atoms with van der Waals surface area (Å²) >= 11 is 1.53. The highest BCUT2D eigenvalue weighted by molar-refractivity contribution is 7.07. The lowest BCUT2D eigenvalue weighted by molar-refractivity contribution is -0.384. The van der Waals surface area contributed by atoms with Gasteiger partial charge in [0, 0.05) is 17.5 Å². The molecule has 2 rings (SSSR count). The molecule has 16 heavy (non-hydrogen) atoms. The normalized spacial score (nSPS) is 10.8. The third kappa shape index (κ3) is 2.52.